The maximum atomic E-state index is 12.9. The molecule has 0 aliphatic carbocycles. The van der Waals surface area contributed by atoms with Crippen molar-refractivity contribution in [3.05, 3.63) is 85.1 Å². The van der Waals surface area contributed by atoms with Crippen molar-refractivity contribution in [1.29, 1.82) is 0 Å². The number of aliphatic hydroxyl groups is 1. The fraction of sp³-hybridized carbons (Fsp3) is 0.717. The van der Waals surface area contributed by atoms with Gasteiger partial charge >= 0.3 is 25.7 Å². The van der Waals surface area contributed by atoms with Crippen LogP contribution in [0.2, 0.25) is 0 Å². The summed E-state index contributed by atoms with van der Waals surface area (Å²) in [5.74, 6) is -1.52. The number of ether oxygens (including phenoxy) is 3. The highest BCUT2D eigenvalue weighted by Crippen LogP contribution is 2.43. The smallest absolute Gasteiger partial charge is 0.462 e. The lowest BCUT2D eigenvalue weighted by Crippen LogP contribution is -2.30. The van der Waals surface area contributed by atoms with Crippen molar-refractivity contribution < 1.29 is 52.2 Å². The monoisotopic (exact) mass is 1030 g/mol. The summed E-state index contributed by atoms with van der Waals surface area (Å²) in [5, 5.41) is 9.79. The van der Waals surface area contributed by atoms with E-state index in [2.05, 4.69) is 106 Å². The Morgan fingerprint density at radius 2 is 0.722 bits per heavy atom. The third kappa shape index (κ3) is 51.6. The largest absolute Gasteiger partial charge is 0.472 e. The molecule has 0 spiro atoms. The van der Waals surface area contributed by atoms with Crippen LogP contribution in [-0.4, -0.2) is 66.5 Å². The van der Waals surface area contributed by atoms with E-state index in [1.54, 1.807) is 0 Å². The van der Waals surface area contributed by atoms with E-state index in [9.17, 15) is 28.9 Å². The number of hydrogen-bond donors (Lipinski definition) is 2. The molecule has 12 heteroatoms. The third-order valence-electron chi connectivity index (χ3n) is 11.8. The molecule has 3 unspecified atom stereocenters. The maximum absolute atomic E-state index is 12.9. The predicted octanol–water partition coefficient (Wildman–Crippen LogP) is 16.7. The van der Waals surface area contributed by atoms with Gasteiger partial charge in [0.05, 0.1) is 19.8 Å². The van der Waals surface area contributed by atoms with Gasteiger partial charge in [-0.05, 0) is 89.9 Å². The molecule has 11 nitrogen and oxygen atoms in total. The molecular weight excluding hydrogens is 928 g/mol. The van der Waals surface area contributed by atoms with E-state index in [1.165, 1.54) is 70.6 Å². The first-order valence-corrected chi connectivity index (χ1v) is 30.0. The standard InChI is InChI=1S/C60H103O11P/c1-4-7-10-13-16-19-22-25-27-28-30-33-36-39-42-45-48-51-60(64)71-57(53-67-58(62)49-46-43-40-37-34-32-29-26-23-20-17-14-11-8-5-2)55-69-72(65,66)68-54-56(52-61)70-59(63)50-47-44-41-38-35-31-24-21-18-15-12-9-6-3/h7,9-10,12,16,18-19,21,25,27,30-31,33,35,56-57,61H,4-6,8,11,13-15,17,20,22-24,26,28-29,32,34,36-55H2,1-3H3,(H,65,66)/b10-7-,12-9-,19-16-,21-18-,27-25-,33-30-,35-31-. The van der Waals surface area contributed by atoms with Gasteiger partial charge in [0, 0.05) is 19.3 Å². The molecule has 0 saturated heterocycles. The molecule has 0 fully saturated rings. The number of phosphoric ester groups is 1. The number of carbonyl (C=O) groups excluding carboxylic acids is 3. The molecule has 0 bridgehead atoms. The Morgan fingerprint density at radius 3 is 1.12 bits per heavy atom. The van der Waals surface area contributed by atoms with Crippen LogP contribution in [0.5, 0.6) is 0 Å². The number of carbonyl (C=O) groups is 3. The van der Waals surface area contributed by atoms with Gasteiger partial charge in [0.25, 0.3) is 0 Å². The van der Waals surface area contributed by atoms with Gasteiger partial charge in [0.2, 0.25) is 0 Å². The Hall–Kier alpha value is -3.34. The Bertz CT molecular complexity index is 1530. The summed E-state index contributed by atoms with van der Waals surface area (Å²) in [6.07, 6.45) is 61.2. The van der Waals surface area contributed by atoms with Gasteiger partial charge in [0.15, 0.2) is 6.10 Å². The quantitative estimate of drug-likeness (QED) is 0.0197. The minimum absolute atomic E-state index is 0.136. The van der Waals surface area contributed by atoms with Crippen molar-refractivity contribution >= 4 is 25.7 Å². The van der Waals surface area contributed by atoms with Crippen LogP contribution in [0.1, 0.15) is 239 Å². The molecule has 0 aliphatic rings. The highest BCUT2D eigenvalue weighted by atomic mass is 31.2. The Labute approximate surface area is 439 Å². The van der Waals surface area contributed by atoms with Crippen molar-refractivity contribution in [2.24, 2.45) is 0 Å². The number of hydrogen-bond acceptors (Lipinski definition) is 10. The van der Waals surface area contributed by atoms with Gasteiger partial charge in [-0.15, -0.1) is 0 Å². The van der Waals surface area contributed by atoms with Gasteiger partial charge < -0.3 is 24.2 Å². The number of allylic oxidation sites excluding steroid dienone is 14. The van der Waals surface area contributed by atoms with Crippen molar-refractivity contribution in [1.82, 2.24) is 0 Å². The minimum atomic E-state index is -4.76. The Kier molecular flexibility index (Phi) is 51.4. The van der Waals surface area contributed by atoms with Gasteiger partial charge in [-0.25, -0.2) is 4.57 Å². The molecule has 0 amide bonds. The first-order valence-electron chi connectivity index (χ1n) is 28.5. The van der Waals surface area contributed by atoms with E-state index in [-0.39, 0.29) is 25.9 Å². The molecule has 2 N–H and O–H groups in total. The lowest BCUT2D eigenvalue weighted by atomic mass is 10.0. The zero-order valence-corrected chi connectivity index (χ0v) is 46.5. The summed E-state index contributed by atoms with van der Waals surface area (Å²) in [6.45, 7) is 4.36. The van der Waals surface area contributed by atoms with Crippen LogP contribution in [0.3, 0.4) is 0 Å². The highest BCUT2D eigenvalue weighted by molar-refractivity contribution is 7.47. The van der Waals surface area contributed by atoms with Gasteiger partial charge in [-0.1, -0.05) is 215 Å². The lowest BCUT2D eigenvalue weighted by Gasteiger charge is -2.21. The normalized spacial score (nSPS) is 14.0. The molecular formula is C60H103O11P. The fourth-order valence-electron chi connectivity index (χ4n) is 7.54. The van der Waals surface area contributed by atoms with E-state index >= 15 is 0 Å². The van der Waals surface area contributed by atoms with Crippen LogP contribution >= 0.6 is 7.82 Å². The summed E-state index contributed by atoms with van der Waals surface area (Å²) < 4.78 is 39.5. The summed E-state index contributed by atoms with van der Waals surface area (Å²) in [4.78, 5) is 48.5. The lowest BCUT2D eigenvalue weighted by molar-refractivity contribution is -0.161. The van der Waals surface area contributed by atoms with E-state index in [0.29, 0.717) is 19.3 Å². The van der Waals surface area contributed by atoms with Gasteiger partial charge in [-0.2, -0.15) is 0 Å². The van der Waals surface area contributed by atoms with Crippen molar-refractivity contribution in [2.75, 3.05) is 26.4 Å². The molecule has 0 saturated carbocycles. The van der Waals surface area contributed by atoms with Crippen molar-refractivity contribution in [3.63, 3.8) is 0 Å². The number of phosphoric acid groups is 1. The molecule has 0 aliphatic heterocycles. The molecule has 0 aromatic rings. The van der Waals surface area contributed by atoms with Crippen LogP contribution in [-0.2, 0) is 42.2 Å². The highest BCUT2D eigenvalue weighted by Gasteiger charge is 2.28. The number of aliphatic hydroxyl groups excluding tert-OH is 1. The maximum Gasteiger partial charge on any atom is 0.472 e. The zero-order valence-electron chi connectivity index (χ0n) is 45.6. The van der Waals surface area contributed by atoms with Crippen molar-refractivity contribution in [2.45, 2.75) is 251 Å². The second kappa shape index (κ2) is 53.9. The average molecular weight is 1030 g/mol. The van der Waals surface area contributed by atoms with E-state index in [4.69, 9.17) is 23.3 Å². The van der Waals surface area contributed by atoms with E-state index < -0.39 is 57.8 Å². The Balaban J connectivity index is 4.80. The molecule has 0 aromatic carbocycles. The number of esters is 3. The van der Waals surface area contributed by atoms with Gasteiger partial charge in [0.1, 0.15) is 12.7 Å². The second-order valence-electron chi connectivity index (χ2n) is 18.7. The second-order valence-corrected chi connectivity index (χ2v) is 20.1. The van der Waals surface area contributed by atoms with Crippen LogP contribution in [0.25, 0.3) is 0 Å². The zero-order chi connectivity index (χ0) is 52.7. The fourth-order valence-corrected chi connectivity index (χ4v) is 8.32. The van der Waals surface area contributed by atoms with Crippen molar-refractivity contribution in [3.8, 4) is 0 Å². The average Bonchev–Trinajstić information content (AvgIpc) is 3.37. The first kappa shape index (κ1) is 68.7. The topological polar surface area (TPSA) is 155 Å². The molecule has 0 rings (SSSR count). The summed E-state index contributed by atoms with van der Waals surface area (Å²) in [5.41, 5.74) is 0. The molecule has 0 heterocycles. The molecule has 0 aromatic heterocycles. The molecule has 3 atom stereocenters. The SMILES string of the molecule is CC/C=C\C/C=C\C/C=C\C/C=C\CCCCCCC(=O)OC(COC(=O)CCCCCCCCCCCCCCCCC)COP(=O)(O)OCC(CO)OC(=O)CCCCC/C=C\C/C=C\C/C=C\CC. The van der Waals surface area contributed by atoms with Gasteiger partial charge in [-0.3, -0.25) is 23.4 Å². The summed E-state index contributed by atoms with van der Waals surface area (Å²) in [6, 6.07) is 0. The van der Waals surface area contributed by atoms with Crippen LogP contribution in [0, 0.1) is 0 Å². The van der Waals surface area contributed by atoms with Crippen LogP contribution < -0.4 is 0 Å². The third-order valence-corrected chi connectivity index (χ3v) is 12.8. The first-order chi connectivity index (χ1) is 35.2. The summed E-state index contributed by atoms with van der Waals surface area (Å²) >= 11 is 0. The number of unbranched alkanes of at least 4 members (excludes halogenated alkanes) is 21. The van der Waals surface area contributed by atoms with E-state index in [0.717, 1.165) is 109 Å². The van der Waals surface area contributed by atoms with E-state index in [1.807, 2.05) is 0 Å². The summed E-state index contributed by atoms with van der Waals surface area (Å²) in [7, 11) is -4.76. The molecule has 414 valence electrons. The minimum Gasteiger partial charge on any atom is -0.462 e. The molecule has 0 radical (unpaired) electrons. The molecule has 72 heavy (non-hydrogen) atoms. The van der Waals surface area contributed by atoms with Crippen LogP contribution in [0.15, 0.2) is 85.1 Å². The number of rotatable bonds is 52. The van der Waals surface area contributed by atoms with Crippen LogP contribution in [0.4, 0.5) is 0 Å². The Morgan fingerprint density at radius 1 is 0.403 bits per heavy atom. The predicted molar refractivity (Wildman–Crippen MR) is 298 cm³/mol.